The average molecular weight is 202 g/mol. The molecule has 0 saturated heterocycles. The lowest BCUT2D eigenvalue weighted by Gasteiger charge is -2.17. The van der Waals surface area contributed by atoms with Crippen LogP contribution >= 0.6 is 0 Å². The summed E-state index contributed by atoms with van der Waals surface area (Å²) in [5.41, 5.74) is 5.49. The van der Waals surface area contributed by atoms with E-state index < -0.39 is 0 Å². The molecular weight excluding hydrogens is 180 g/mol. The molecule has 0 rings (SSSR count). The van der Waals surface area contributed by atoms with Gasteiger partial charge in [-0.25, -0.2) is 0 Å². The molecule has 3 N–H and O–H groups in total. The molecule has 0 spiro atoms. The predicted octanol–water partition coefficient (Wildman–Crippen LogP) is 0.514. The Labute approximate surface area is 86.2 Å². The molecule has 0 aromatic carbocycles. The van der Waals surface area contributed by atoms with E-state index in [2.05, 4.69) is 26.1 Å². The Kier molecular flexibility index (Phi) is 6.49. The molecule has 4 heteroatoms. The summed E-state index contributed by atoms with van der Waals surface area (Å²) < 4.78 is 5.22. The fourth-order valence-electron chi connectivity index (χ4n) is 0.806. The van der Waals surface area contributed by atoms with Gasteiger partial charge in [0.2, 0.25) is 5.91 Å². The third-order valence-corrected chi connectivity index (χ3v) is 1.70. The van der Waals surface area contributed by atoms with Crippen molar-refractivity contribution in [1.82, 2.24) is 5.32 Å². The summed E-state index contributed by atoms with van der Waals surface area (Å²) in [6.45, 7) is 8.17. The van der Waals surface area contributed by atoms with Crippen LogP contribution in [-0.4, -0.2) is 32.2 Å². The molecule has 0 heterocycles. The van der Waals surface area contributed by atoms with E-state index in [1.165, 1.54) is 0 Å². The van der Waals surface area contributed by atoms with Crippen LogP contribution in [0.5, 0.6) is 0 Å². The molecule has 0 aliphatic heterocycles. The number of hydrogen-bond donors (Lipinski definition) is 2. The molecule has 84 valence electrons. The van der Waals surface area contributed by atoms with Crippen molar-refractivity contribution >= 4 is 5.91 Å². The second-order valence-electron chi connectivity index (χ2n) is 4.50. The SMILES string of the molecule is CC(C)(C)CCOCC(=O)NCCN. The molecule has 4 nitrogen and oxygen atoms in total. The first kappa shape index (κ1) is 13.4. The molecule has 0 fully saturated rings. The number of nitrogens with two attached hydrogens (primary N) is 1. The van der Waals surface area contributed by atoms with Crippen LogP contribution in [0, 0.1) is 5.41 Å². The summed E-state index contributed by atoms with van der Waals surface area (Å²) in [7, 11) is 0. The second kappa shape index (κ2) is 6.79. The number of rotatable bonds is 6. The normalized spacial score (nSPS) is 11.4. The molecule has 0 saturated carbocycles. The van der Waals surface area contributed by atoms with Crippen molar-refractivity contribution in [1.29, 1.82) is 0 Å². The van der Waals surface area contributed by atoms with Gasteiger partial charge in [0.1, 0.15) is 6.61 Å². The molecule has 0 aliphatic carbocycles. The zero-order valence-corrected chi connectivity index (χ0v) is 9.43. The number of hydrogen-bond acceptors (Lipinski definition) is 3. The summed E-state index contributed by atoms with van der Waals surface area (Å²) in [6, 6.07) is 0. The minimum absolute atomic E-state index is 0.0932. The van der Waals surface area contributed by atoms with E-state index in [9.17, 15) is 4.79 Å². The molecule has 0 aromatic rings. The average Bonchev–Trinajstić information content (AvgIpc) is 2.07. The maximum absolute atomic E-state index is 11.0. The van der Waals surface area contributed by atoms with Gasteiger partial charge in [0.25, 0.3) is 0 Å². The number of ether oxygens (including phenoxy) is 1. The van der Waals surface area contributed by atoms with Gasteiger partial charge in [0.15, 0.2) is 0 Å². The van der Waals surface area contributed by atoms with Crippen molar-refractivity contribution in [3.63, 3.8) is 0 Å². The Balaban J connectivity index is 3.32. The highest BCUT2D eigenvalue weighted by Gasteiger charge is 2.09. The Morgan fingerprint density at radius 3 is 2.57 bits per heavy atom. The number of carbonyl (C=O) groups excluding carboxylic acids is 1. The lowest BCUT2D eigenvalue weighted by molar-refractivity contribution is -0.125. The Bertz CT molecular complexity index is 164. The number of carbonyl (C=O) groups is 1. The van der Waals surface area contributed by atoms with Gasteiger partial charge >= 0.3 is 0 Å². The van der Waals surface area contributed by atoms with Crippen LogP contribution in [-0.2, 0) is 9.53 Å². The van der Waals surface area contributed by atoms with E-state index in [4.69, 9.17) is 10.5 Å². The minimum Gasteiger partial charge on any atom is -0.372 e. The maximum atomic E-state index is 11.0. The fourth-order valence-corrected chi connectivity index (χ4v) is 0.806. The zero-order valence-electron chi connectivity index (χ0n) is 9.43. The van der Waals surface area contributed by atoms with E-state index in [0.29, 0.717) is 19.7 Å². The summed E-state index contributed by atoms with van der Waals surface area (Å²) in [5, 5.41) is 2.64. The maximum Gasteiger partial charge on any atom is 0.246 e. The van der Waals surface area contributed by atoms with Gasteiger partial charge in [-0.05, 0) is 11.8 Å². The van der Waals surface area contributed by atoms with E-state index in [1.54, 1.807) is 0 Å². The summed E-state index contributed by atoms with van der Waals surface area (Å²) in [5.74, 6) is -0.0932. The molecular formula is C10H22N2O2. The fraction of sp³-hybridized carbons (Fsp3) is 0.900. The van der Waals surface area contributed by atoms with Gasteiger partial charge in [-0.2, -0.15) is 0 Å². The van der Waals surface area contributed by atoms with Crippen molar-refractivity contribution in [2.24, 2.45) is 11.1 Å². The highest BCUT2D eigenvalue weighted by Crippen LogP contribution is 2.17. The standard InChI is InChI=1S/C10H22N2O2/c1-10(2,3)4-7-14-8-9(13)12-6-5-11/h4-8,11H2,1-3H3,(H,12,13). The predicted molar refractivity (Wildman–Crippen MR) is 57.0 cm³/mol. The highest BCUT2D eigenvalue weighted by molar-refractivity contribution is 5.77. The quantitative estimate of drug-likeness (QED) is 0.617. The second-order valence-corrected chi connectivity index (χ2v) is 4.50. The lowest BCUT2D eigenvalue weighted by atomic mass is 9.93. The zero-order chi connectivity index (χ0) is 11.0. The van der Waals surface area contributed by atoms with Crippen molar-refractivity contribution in [3.8, 4) is 0 Å². The lowest BCUT2D eigenvalue weighted by Crippen LogP contribution is -2.32. The Morgan fingerprint density at radius 1 is 1.43 bits per heavy atom. The third-order valence-electron chi connectivity index (χ3n) is 1.70. The summed E-state index contributed by atoms with van der Waals surface area (Å²) in [6.07, 6.45) is 0.956. The van der Waals surface area contributed by atoms with E-state index in [-0.39, 0.29) is 17.9 Å². The van der Waals surface area contributed by atoms with E-state index in [1.807, 2.05) is 0 Å². The molecule has 0 aromatic heterocycles. The van der Waals surface area contributed by atoms with Gasteiger partial charge in [0, 0.05) is 19.7 Å². The summed E-state index contributed by atoms with van der Waals surface area (Å²) in [4.78, 5) is 11.0. The van der Waals surface area contributed by atoms with Gasteiger partial charge < -0.3 is 15.8 Å². The van der Waals surface area contributed by atoms with Crippen LogP contribution in [0.4, 0.5) is 0 Å². The molecule has 14 heavy (non-hydrogen) atoms. The number of nitrogens with one attached hydrogen (secondary N) is 1. The minimum atomic E-state index is -0.0932. The van der Waals surface area contributed by atoms with Crippen LogP contribution in [0.15, 0.2) is 0 Å². The van der Waals surface area contributed by atoms with Gasteiger partial charge in [-0.3, -0.25) is 4.79 Å². The smallest absolute Gasteiger partial charge is 0.246 e. The van der Waals surface area contributed by atoms with E-state index in [0.717, 1.165) is 6.42 Å². The monoisotopic (exact) mass is 202 g/mol. The first-order valence-electron chi connectivity index (χ1n) is 5.00. The Morgan fingerprint density at radius 2 is 2.07 bits per heavy atom. The first-order valence-corrected chi connectivity index (χ1v) is 5.00. The number of amides is 1. The van der Waals surface area contributed by atoms with Gasteiger partial charge in [-0.1, -0.05) is 20.8 Å². The topological polar surface area (TPSA) is 64.3 Å². The van der Waals surface area contributed by atoms with Crippen molar-refractivity contribution in [2.45, 2.75) is 27.2 Å². The molecule has 0 atom stereocenters. The van der Waals surface area contributed by atoms with Crippen molar-refractivity contribution in [2.75, 3.05) is 26.3 Å². The van der Waals surface area contributed by atoms with Crippen LogP contribution in [0.25, 0.3) is 0 Å². The molecule has 0 radical (unpaired) electrons. The van der Waals surface area contributed by atoms with Crippen LogP contribution in [0.1, 0.15) is 27.2 Å². The van der Waals surface area contributed by atoms with Crippen molar-refractivity contribution < 1.29 is 9.53 Å². The first-order chi connectivity index (χ1) is 6.45. The van der Waals surface area contributed by atoms with E-state index >= 15 is 0 Å². The van der Waals surface area contributed by atoms with Gasteiger partial charge in [0.05, 0.1) is 0 Å². The van der Waals surface area contributed by atoms with Crippen LogP contribution < -0.4 is 11.1 Å². The van der Waals surface area contributed by atoms with Crippen LogP contribution in [0.3, 0.4) is 0 Å². The Hall–Kier alpha value is -0.610. The van der Waals surface area contributed by atoms with Crippen molar-refractivity contribution in [3.05, 3.63) is 0 Å². The van der Waals surface area contributed by atoms with Gasteiger partial charge in [-0.15, -0.1) is 0 Å². The summed E-state index contributed by atoms with van der Waals surface area (Å²) >= 11 is 0. The molecule has 1 amide bonds. The molecule has 0 aliphatic rings. The molecule has 0 unspecified atom stereocenters. The van der Waals surface area contributed by atoms with Crippen LogP contribution in [0.2, 0.25) is 0 Å². The largest absolute Gasteiger partial charge is 0.372 e. The highest BCUT2D eigenvalue weighted by atomic mass is 16.5. The molecule has 0 bridgehead atoms. The third kappa shape index (κ3) is 9.48.